The zero-order valence-electron chi connectivity index (χ0n) is 11.1. The van der Waals surface area contributed by atoms with Crippen LogP contribution in [0.3, 0.4) is 0 Å². The van der Waals surface area contributed by atoms with Gasteiger partial charge in [-0.25, -0.2) is 4.85 Å². The van der Waals surface area contributed by atoms with Crippen LogP contribution in [-0.2, 0) is 5.41 Å². The summed E-state index contributed by atoms with van der Waals surface area (Å²) in [6, 6.07) is 16.4. The Kier molecular flexibility index (Phi) is 3.21. The molecule has 0 aromatic heterocycles. The van der Waals surface area contributed by atoms with E-state index in [1.807, 2.05) is 24.3 Å². The van der Waals surface area contributed by atoms with E-state index in [1.54, 1.807) is 0 Å². The first-order valence-corrected chi connectivity index (χ1v) is 6.09. The van der Waals surface area contributed by atoms with Crippen LogP contribution in [0.4, 0.5) is 5.69 Å². The first-order chi connectivity index (χ1) is 8.50. The first kappa shape index (κ1) is 12.4. The molecular formula is C17H17N. The Morgan fingerprint density at radius 1 is 0.889 bits per heavy atom. The number of nitrogens with zero attached hydrogens (tertiary/aromatic N) is 1. The third-order valence-corrected chi connectivity index (χ3v) is 3.06. The maximum absolute atomic E-state index is 6.96. The molecule has 0 aliphatic carbocycles. The molecule has 2 aromatic rings. The van der Waals surface area contributed by atoms with Gasteiger partial charge >= 0.3 is 0 Å². The second-order valence-electron chi connectivity index (χ2n) is 5.49. The molecule has 1 nitrogen and oxygen atoms in total. The maximum Gasteiger partial charge on any atom is 0.187 e. The van der Waals surface area contributed by atoms with E-state index < -0.39 is 0 Å². The van der Waals surface area contributed by atoms with Crippen LogP contribution < -0.4 is 0 Å². The number of rotatable bonds is 1. The van der Waals surface area contributed by atoms with Crippen LogP contribution in [0.1, 0.15) is 26.3 Å². The van der Waals surface area contributed by atoms with Crippen LogP contribution in [0.5, 0.6) is 0 Å². The van der Waals surface area contributed by atoms with Gasteiger partial charge in [-0.15, -0.1) is 0 Å². The van der Waals surface area contributed by atoms with Gasteiger partial charge in [0.25, 0.3) is 0 Å². The van der Waals surface area contributed by atoms with Crippen molar-refractivity contribution in [1.29, 1.82) is 0 Å². The van der Waals surface area contributed by atoms with E-state index in [2.05, 4.69) is 49.9 Å². The zero-order chi connectivity index (χ0) is 13.2. The van der Waals surface area contributed by atoms with E-state index >= 15 is 0 Å². The molecule has 2 rings (SSSR count). The summed E-state index contributed by atoms with van der Waals surface area (Å²) in [6.45, 7) is 13.6. The first-order valence-electron chi connectivity index (χ1n) is 6.09. The lowest BCUT2D eigenvalue weighted by atomic mass is 9.85. The Morgan fingerprint density at radius 3 is 2.11 bits per heavy atom. The normalized spacial score (nSPS) is 11.0. The molecule has 0 spiro atoms. The Labute approximate surface area is 109 Å². The summed E-state index contributed by atoms with van der Waals surface area (Å²) < 4.78 is 0. The van der Waals surface area contributed by atoms with Crippen LogP contribution in [0, 0.1) is 6.57 Å². The molecule has 0 saturated heterocycles. The van der Waals surface area contributed by atoms with Crippen molar-refractivity contribution in [2.24, 2.45) is 0 Å². The van der Waals surface area contributed by atoms with E-state index in [0.29, 0.717) is 5.69 Å². The van der Waals surface area contributed by atoms with Crippen molar-refractivity contribution in [3.8, 4) is 11.1 Å². The second kappa shape index (κ2) is 4.66. The molecule has 0 radical (unpaired) electrons. The minimum atomic E-state index is 0.159. The molecule has 1 heteroatoms. The van der Waals surface area contributed by atoms with Crippen molar-refractivity contribution < 1.29 is 0 Å². The van der Waals surface area contributed by atoms with Gasteiger partial charge < -0.3 is 0 Å². The van der Waals surface area contributed by atoms with E-state index in [-0.39, 0.29) is 5.41 Å². The highest BCUT2D eigenvalue weighted by Gasteiger charge is 2.13. The van der Waals surface area contributed by atoms with Crippen molar-refractivity contribution in [3.63, 3.8) is 0 Å². The predicted molar refractivity (Wildman–Crippen MR) is 76.8 cm³/mol. The van der Waals surface area contributed by atoms with Crippen molar-refractivity contribution in [3.05, 3.63) is 65.5 Å². The summed E-state index contributed by atoms with van der Waals surface area (Å²) in [5, 5.41) is 0. The van der Waals surface area contributed by atoms with E-state index in [0.717, 1.165) is 5.56 Å². The van der Waals surface area contributed by atoms with Gasteiger partial charge in [0.1, 0.15) is 0 Å². The van der Waals surface area contributed by atoms with Crippen LogP contribution >= 0.6 is 0 Å². The number of benzene rings is 2. The lowest BCUT2D eigenvalue weighted by Gasteiger charge is -2.19. The fourth-order valence-electron chi connectivity index (χ4n) is 1.89. The van der Waals surface area contributed by atoms with E-state index in [4.69, 9.17) is 6.57 Å². The van der Waals surface area contributed by atoms with Crippen molar-refractivity contribution in [1.82, 2.24) is 0 Å². The van der Waals surface area contributed by atoms with Gasteiger partial charge in [0.15, 0.2) is 5.69 Å². The largest absolute Gasteiger partial charge is 0.238 e. The average Bonchev–Trinajstić information content (AvgIpc) is 2.38. The standard InChI is InChI=1S/C17H17N/c1-17(2,3)15-7-5-6-14(12-15)13-8-10-16(18-4)11-9-13/h5-12H,1-3H3. The van der Waals surface area contributed by atoms with E-state index in [1.165, 1.54) is 11.1 Å². The minimum Gasteiger partial charge on any atom is -0.238 e. The Bertz CT molecular complexity index is 580. The molecule has 0 fully saturated rings. The highest BCUT2D eigenvalue weighted by atomic mass is 14.6. The predicted octanol–water partition coefficient (Wildman–Crippen LogP) is 5.20. The lowest BCUT2D eigenvalue weighted by molar-refractivity contribution is 0.590. The molecule has 0 aliphatic rings. The molecule has 2 aromatic carbocycles. The minimum absolute atomic E-state index is 0.159. The van der Waals surface area contributed by atoms with E-state index in [9.17, 15) is 0 Å². The second-order valence-corrected chi connectivity index (χ2v) is 5.49. The monoisotopic (exact) mass is 235 g/mol. The van der Waals surface area contributed by atoms with Crippen molar-refractivity contribution in [2.45, 2.75) is 26.2 Å². The molecule has 0 saturated carbocycles. The van der Waals surface area contributed by atoms with Crippen LogP contribution in [-0.4, -0.2) is 0 Å². The Hall–Kier alpha value is -2.07. The Balaban J connectivity index is 2.42. The Morgan fingerprint density at radius 2 is 1.56 bits per heavy atom. The smallest absolute Gasteiger partial charge is 0.187 e. The quantitative estimate of drug-likeness (QED) is 0.598. The van der Waals surface area contributed by atoms with Gasteiger partial charge in [0.05, 0.1) is 6.57 Å². The third-order valence-electron chi connectivity index (χ3n) is 3.06. The molecule has 18 heavy (non-hydrogen) atoms. The fourth-order valence-corrected chi connectivity index (χ4v) is 1.89. The highest BCUT2D eigenvalue weighted by Crippen LogP contribution is 2.28. The SMILES string of the molecule is [C-]#[N+]c1ccc(-c2cccc(C(C)(C)C)c2)cc1. The maximum atomic E-state index is 6.96. The van der Waals surface area contributed by atoms with Crippen LogP contribution in [0.15, 0.2) is 48.5 Å². The molecule has 0 aliphatic heterocycles. The van der Waals surface area contributed by atoms with Gasteiger partial charge in [-0.05, 0) is 22.1 Å². The number of hydrogen-bond acceptors (Lipinski definition) is 0. The molecule has 0 atom stereocenters. The average molecular weight is 235 g/mol. The number of hydrogen-bond donors (Lipinski definition) is 0. The summed E-state index contributed by atoms with van der Waals surface area (Å²) >= 11 is 0. The van der Waals surface area contributed by atoms with Gasteiger partial charge in [-0.3, -0.25) is 0 Å². The van der Waals surface area contributed by atoms with Gasteiger partial charge in [0.2, 0.25) is 0 Å². The molecular weight excluding hydrogens is 218 g/mol. The molecule has 0 N–H and O–H groups in total. The molecule has 0 unspecified atom stereocenters. The van der Waals surface area contributed by atoms with Crippen LogP contribution in [0.2, 0.25) is 0 Å². The summed E-state index contributed by atoms with van der Waals surface area (Å²) in [6.07, 6.45) is 0. The summed E-state index contributed by atoms with van der Waals surface area (Å²) in [7, 11) is 0. The fraction of sp³-hybridized carbons (Fsp3) is 0.235. The zero-order valence-corrected chi connectivity index (χ0v) is 11.1. The summed E-state index contributed by atoms with van der Waals surface area (Å²) in [5.74, 6) is 0. The molecule has 90 valence electrons. The van der Waals surface area contributed by atoms with Crippen molar-refractivity contribution >= 4 is 5.69 Å². The molecule has 0 heterocycles. The van der Waals surface area contributed by atoms with Gasteiger partial charge in [0, 0.05) is 0 Å². The summed E-state index contributed by atoms with van der Waals surface area (Å²) in [4.78, 5) is 3.41. The van der Waals surface area contributed by atoms with Crippen molar-refractivity contribution in [2.75, 3.05) is 0 Å². The molecule has 0 amide bonds. The van der Waals surface area contributed by atoms with Crippen LogP contribution in [0.25, 0.3) is 16.0 Å². The third kappa shape index (κ3) is 2.60. The lowest BCUT2D eigenvalue weighted by Crippen LogP contribution is -2.10. The molecule has 0 bridgehead atoms. The summed E-state index contributed by atoms with van der Waals surface area (Å²) in [5.41, 5.74) is 4.54. The van der Waals surface area contributed by atoms with Gasteiger partial charge in [-0.1, -0.05) is 69.3 Å². The van der Waals surface area contributed by atoms with Gasteiger partial charge in [-0.2, -0.15) is 0 Å². The highest BCUT2D eigenvalue weighted by molar-refractivity contribution is 5.67. The topological polar surface area (TPSA) is 4.36 Å².